The summed E-state index contributed by atoms with van der Waals surface area (Å²) in [4.78, 5) is 31.2. The van der Waals surface area contributed by atoms with Gasteiger partial charge < -0.3 is 19.2 Å². The van der Waals surface area contributed by atoms with E-state index >= 15 is 0 Å². The number of carboxylic acid groups (broad SMARTS) is 1. The second-order valence-corrected chi connectivity index (χ2v) is 10.2. The van der Waals surface area contributed by atoms with Crippen LogP contribution in [0.2, 0.25) is 0 Å². The number of carbonyl (C=O) groups is 2. The van der Waals surface area contributed by atoms with Gasteiger partial charge in [0, 0.05) is 24.9 Å². The molecule has 1 N–H and O–H groups in total. The number of aliphatic carboxylic acids is 1. The molecule has 0 fully saturated rings. The number of hydrogen-bond donors (Lipinski definition) is 1. The molecule has 3 aromatic rings. The first-order chi connectivity index (χ1) is 16.6. The minimum atomic E-state index is -1.03. The first-order valence-electron chi connectivity index (χ1n) is 11.9. The smallest absolute Gasteiger partial charge is 0.331 e. The monoisotopic (exact) mass is 476 g/mol. The fourth-order valence-corrected chi connectivity index (χ4v) is 4.40. The Morgan fingerprint density at radius 1 is 1.17 bits per heavy atom. The van der Waals surface area contributed by atoms with Crippen molar-refractivity contribution in [2.45, 2.75) is 53.0 Å². The van der Waals surface area contributed by atoms with Crippen molar-refractivity contribution in [3.8, 4) is 17.2 Å². The van der Waals surface area contributed by atoms with E-state index in [2.05, 4.69) is 4.98 Å². The highest BCUT2D eigenvalue weighted by atomic mass is 16.5. The lowest BCUT2D eigenvalue weighted by atomic mass is 9.88. The first-order valence-corrected chi connectivity index (χ1v) is 11.9. The Morgan fingerprint density at radius 2 is 1.91 bits per heavy atom. The van der Waals surface area contributed by atoms with Crippen molar-refractivity contribution >= 4 is 11.9 Å². The van der Waals surface area contributed by atoms with E-state index in [0.29, 0.717) is 49.6 Å². The van der Waals surface area contributed by atoms with E-state index in [4.69, 9.17) is 9.15 Å². The van der Waals surface area contributed by atoms with Gasteiger partial charge in [0.25, 0.3) is 0 Å². The summed E-state index contributed by atoms with van der Waals surface area (Å²) in [5, 5.41) is 9.99. The van der Waals surface area contributed by atoms with Gasteiger partial charge in [-0.25, -0.2) is 9.78 Å². The van der Waals surface area contributed by atoms with Gasteiger partial charge in [-0.15, -0.1) is 0 Å². The average molecular weight is 477 g/mol. The fourth-order valence-electron chi connectivity index (χ4n) is 4.40. The second-order valence-electron chi connectivity index (χ2n) is 10.2. The van der Waals surface area contributed by atoms with Gasteiger partial charge in [-0.05, 0) is 54.2 Å². The maximum atomic E-state index is 12.9. The molecule has 4 rings (SSSR count). The summed E-state index contributed by atoms with van der Waals surface area (Å²) in [5.74, 6) is 0.729. The van der Waals surface area contributed by atoms with E-state index < -0.39 is 12.0 Å². The highest BCUT2D eigenvalue weighted by Crippen LogP contribution is 2.34. The molecular formula is C28H32N2O5. The molecule has 7 heteroatoms. The molecule has 0 saturated carbocycles. The van der Waals surface area contributed by atoms with Crippen molar-refractivity contribution in [2.24, 2.45) is 5.41 Å². The van der Waals surface area contributed by atoms with Gasteiger partial charge in [0.2, 0.25) is 11.8 Å². The predicted molar refractivity (Wildman–Crippen MR) is 132 cm³/mol. The van der Waals surface area contributed by atoms with E-state index in [9.17, 15) is 14.7 Å². The zero-order chi connectivity index (χ0) is 25.2. The molecule has 0 saturated heterocycles. The van der Waals surface area contributed by atoms with Crippen LogP contribution in [-0.2, 0) is 22.4 Å². The molecule has 2 heterocycles. The summed E-state index contributed by atoms with van der Waals surface area (Å²) in [5.41, 5.74) is 3.08. The zero-order valence-electron chi connectivity index (χ0n) is 20.7. The van der Waals surface area contributed by atoms with Crippen molar-refractivity contribution < 1.29 is 23.8 Å². The summed E-state index contributed by atoms with van der Waals surface area (Å²) in [6.45, 7) is 8.57. The molecule has 7 nitrogen and oxygen atoms in total. The number of aromatic nitrogens is 1. The van der Waals surface area contributed by atoms with Crippen LogP contribution >= 0.6 is 0 Å². The summed E-state index contributed by atoms with van der Waals surface area (Å²) >= 11 is 0. The van der Waals surface area contributed by atoms with Crippen molar-refractivity contribution in [1.82, 2.24) is 9.88 Å². The van der Waals surface area contributed by atoms with Crippen molar-refractivity contribution in [1.29, 1.82) is 0 Å². The number of fused-ring (bicyclic) bond motifs is 1. The molecule has 1 aliphatic heterocycles. The lowest BCUT2D eigenvalue weighted by Crippen LogP contribution is -2.44. The molecule has 0 spiro atoms. The van der Waals surface area contributed by atoms with Crippen LogP contribution < -0.4 is 4.74 Å². The van der Waals surface area contributed by atoms with E-state index in [1.165, 1.54) is 4.90 Å². The average Bonchev–Trinajstić information content (AvgIpc) is 3.18. The van der Waals surface area contributed by atoms with Crippen LogP contribution in [0.5, 0.6) is 5.75 Å². The number of oxazole rings is 1. The summed E-state index contributed by atoms with van der Waals surface area (Å²) < 4.78 is 11.8. The minimum absolute atomic E-state index is 0.141. The third-order valence-corrected chi connectivity index (χ3v) is 6.10. The summed E-state index contributed by atoms with van der Waals surface area (Å²) in [6.07, 6.45) is 1.47. The number of rotatable bonds is 7. The number of benzene rings is 2. The van der Waals surface area contributed by atoms with Crippen molar-refractivity contribution in [3.63, 3.8) is 0 Å². The summed E-state index contributed by atoms with van der Waals surface area (Å²) in [7, 11) is 0. The van der Waals surface area contributed by atoms with Gasteiger partial charge in [0.15, 0.2) is 6.04 Å². The van der Waals surface area contributed by atoms with Crippen molar-refractivity contribution in [2.75, 3.05) is 13.2 Å². The molecule has 0 radical (unpaired) electrons. The van der Waals surface area contributed by atoms with Crippen LogP contribution in [0.4, 0.5) is 0 Å². The van der Waals surface area contributed by atoms with Crippen LogP contribution in [0.3, 0.4) is 0 Å². The molecule has 1 aliphatic rings. The second kappa shape index (κ2) is 9.94. The van der Waals surface area contributed by atoms with Gasteiger partial charge in [-0.3, -0.25) is 4.79 Å². The van der Waals surface area contributed by atoms with Crippen LogP contribution in [0.1, 0.15) is 55.8 Å². The minimum Gasteiger partial charge on any atom is -0.493 e. The zero-order valence-corrected chi connectivity index (χ0v) is 20.7. The summed E-state index contributed by atoms with van der Waals surface area (Å²) in [6, 6.07) is 14.2. The first kappa shape index (κ1) is 24.5. The van der Waals surface area contributed by atoms with Gasteiger partial charge in [-0.1, -0.05) is 45.0 Å². The highest BCUT2D eigenvalue weighted by Gasteiger charge is 2.37. The maximum Gasteiger partial charge on any atom is 0.331 e. The van der Waals surface area contributed by atoms with Crippen LogP contribution in [0, 0.1) is 12.3 Å². The Bertz CT molecular complexity index is 1210. The topological polar surface area (TPSA) is 92.9 Å². The largest absolute Gasteiger partial charge is 0.493 e. The van der Waals surface area contributed by atoms with E-state index in [1.807, 2.05) is 70.2 Å². The Balaban J connectivity index is 1.46. The number of hydrogen-bond acceptors (Lipinski definition) is 5. The molecule has 1 aromatic heterocycles. The quantitative estimate of drug-likeness (QED) is 0.503. The van der Waals surface area contributed by atoms with Gasteiger partial charge >= 0.3 is 5.97 Å². The molecule has 0 bridgehead atoms. The Kier molecular flexibility index (Phi) is 6.96. The molecule has 184 valence electrons. The molecule has 2 aromatic carbocycles. The van der Waals surface area contributed by atoms with Gasteiger partial charge in [0.05, 0.1) is 12.3 Å². The fraction of sp³-hybridized carbons (Fsp3) is 0.393. The number of amides is 1. The van der Waals surface area contributed by atoms with Gasteiger partial charge in [0.1, 0.15) is 11.5 Å². The van der Waals surface area contributed by atoms with E-state index in [1.54, 1.807) is 6.07 Å². The number of ether oxygens (including phenoxy) is 1. The number of carboxylic acids is 1. The van der Waals surface area contributed by atoms with Gasteiger partial charge in [-0.2, -0.15) is 0 Å². The Morgan fingerprint density at radius 3 is 2.60 bits per heavy atom. The standard InChI is InChI=1S/C28H32N2O5/c1-18-23(29-26(35-18)20-8-6-5-7-9-20)13-15-34-21-11-10-19-12-14-30(24(31)17-28(2,3)4)25(27(32)33)22(19)16-21/h5-11,16,25H,12-15,17H2,1-4H3,(H,32,33). The highest BCUT2D eigenvalue weighted by molar-refractivity contribution is 5.86. The molecular weight excluding hydrogens is 444 g/mol. The third kappa shape index (κ3) is 5.73. The van der Waals surface area contributed by atoms with Crippen LogP contribution in [0.25, 0.3) is 11.5 Å². The lowest BCUT2D eigenvalue weighted by molar-refractivity contribution is -0.152. The van der Waals surface area contributed by atoms with Crippen LogP contribution in [-0.4, -0.2) is 40.0 Å². The normalized spacial score (nSPS) is 15.5. The Labute approximate surface area is 205 Å². The molecule has 1 amide bonds. The Hall–Kier alpha value is -3.61. The van der Waals surface area contributed by atoms with Crippen molar-refractivity contribution in [3.05, 3.63) is 71.1 Å². The van der Waals surface area contributed by atoms with E-state index in [0.717, 1.165) is 22.6 Å². The molecule has 35 heavy (non-hydrogen) atoms. The number of carbonyl (C=O) groups excluding carboxylic acids is 1. The third-order valence-electron chi connectivity index (χ3n) is 6.10. The number of nitrogens with zero attached hydrogens (tertiary/aromatic N) is 2. The molecule has 0 aliphatic carbocycles. The molecule has 1 atom stereocenters. The van der Waals surface area contributed by atoms with Crippen LogP contribution in [0.15, 0.2) is 52.9 Å². The predicted octanol–water partition coefficient (Wildman–Crippen LogP) is 5.22. The SMILES string of the molecule is Cc1oc(-c2ccccc2)nc1CCOc1ccc2c(c1)C(C(=O)O)N(C(=O)CC(C)(C)C)CC2. The maximum absolute atomic E-state index is 12.9. The lowest BCUT2D eigenvalue weighted by Gasteiger charge is -2.36. The molecule has 1 unspecified atom stereocenters. The number of aryl methyl sites for hydroxylation is 1. The van der Waals surface area contributed by atoms with E-state index in [-0.39, 0.29) is 11.3 Å².